The number of likely N-dealkylation sites (tertiary alicyclic amines) is 2. The zero-order chi connectivity index (χ0) is 44.7. The van der Waals surface area contributed by atoms with E-state index in [0.29, 0.717) is 35.6 Å². The molecule has 6 aromatic rings. The first-order valence-corrected chi connectivity index (χ1v) is 22.1. The summed E-state index contributed by atoms with van der Waals surface area (Å²) in [7, 11) is 0. The minimum absolute atomic E-state index is 0.202. The molecule has 0 saturated carbocycles. The summed E-state index contributed by atoms with van der Waals surface area (Å²) < 4.78 is 84.8. The van der Waals surface area contributed by atoms with Gasteiger partial charge in [-0.3, -0.25) is 14.6 Å². The normalized spacial score (nSPS) is 19.5. The molecule has 11 heteroatoms. The Bertz CT molecular complexity index is 2210. The van der Waals surface area contributed by atoms with Gasteiger partial charge in [-0.25, -0.2) is 0 Å². The number of anilines is 2. The maximum atomic E-state index is 16.9. The third-order valence-corrected chi connectivity index (χ3v) is 12.8. The summed E-state index contributed by atoms with van der Waals surface area (Å²) in [5.74, 6) is -0.202. The molecule has 0 bridgehead atoms. The van der Waals surface area contributed by atoms with Gasteiger partial charge in [0.05, 0.1) is 35.3 Å². The number of halogens is 6. The van der Waals surface area contributed by atoms with E-state index >= 15 is 4.79 Å². The highest BCUT2D eigenvalue weighted by Crippen LogP contribution is 2.44. The van der Waals surface area contributed by atoms with E-state index in [0.717, 1.165) is 73.9 Å². The van der Waals surface area contributed by atoms with Gasteiger partial charge in [-0.15, -0.1) is 0 Å². The zero-order valence-corrected chi connectivity index (χ0v) is 35.4. The van der Waals surface area contributed by atoms with E-state index in [2.05, 4.69) is 44.7 Å². The van der Waals surface area contributed by atoms with Gasteiger partial charge >= 0.3 is 12.4 Å². The maximum Gasteiger partial charge on any atom is 0.416 e. The van der Waals surface area contributed by atoms with Gasteiger partial charge in [-0.05, 0) is 110 Å². The molecule has 5 nitrogen and oxygen atoms in total. The number of hydrogen-bond acceptors (Lipinski definition) is 5. The van der Waals surface area contributed by atoms with Crippen molar-refractivity contribution >= 4 is 17.2 Å². The highest BCUT2D eigenvalue weighted by atomic mass is 19.4. The summed E-state index contributed by atoms with van der Waals surface area (Å²) in [6, 6.07) is 44.6. The largest absolute Gasteiger partial charge is 0.416 e. The number of ketones is 1. The molecule has 0 radical (unpaired) electrons. The monoisotopic (exact) mass is 874 g/mol. The third-order valence-electron chi connectivity index (χ3n) is 12.8. The van der Waals surface area contributed by atoms with Crippen molar-refractivity contribution in [2.24, 2.45) is 0 Å². The fourth-order valence-corrected chi connectivity index (χ4v) is 9.73. The first kappa shape index (κ1) is 44.7. The van der Waals surface area contributed by atoms with Crippen molar-refractivity contribution in [2.75, 3.05) is 23.7 Å². The van der Waals surface area contributed by atoms with Crippen LogP contribution in [0.25, 0.3) is 0 Å². The Balaban J connectivity index is 1.37. The molecule has 2 heterocycles. The van der Waals surface area contributed by atoms with Crippen molar-refractivity contribution in [3.63, 3.8) is 0 Å². The van der Waals surface area contributed by atoms with Crippen LogP contribution in [0.3, 0.4) is 0 Å². The van der Waals surface area contributed by atoms with E-state index in [1.54, 1.807) is 0 Å². The second-order valence-electron chi connectivity index (χ2n) is 16.8. The Hall–Kier alpha value is -5.91. The van der Waals surface area contributed by atoms with Crippen LogP contribution in [0.2, 0.25) is 0 Å². The molecule has 8 rings (SSSR count). The standard InChI is InChI=1S/C53H52F6N4O/c54-52(55,56)41-31-27-39(28-32-41)47(60-43-21-9-3-10-22-43)49(62-35-15-13-25-45(62)37-17-5-1-6-18-37)51(64)50(63-36-16-14-26-46(63)38-19-7-2-8-20-38)48(61-44-23-11-4-12-24-44)40-29-33-42(34-30-40)53(57,58)59/h1-12,17-24,27-34,45-50,60-61H,13-16,25-26,35-36H2. The number of Topliss-reactive ketones (excluding diaryl/α,β-unsaturated/α-hetero) is 1. The molecule has 64 heavy (non-hydrogen) atoms. The summed E-state index contributed by atoms with van der Waals surface area (Å²) in [6.07, 6.45) is -4.30. The Morgan fingerprint density at radius 2 is 0.781 bits per heavy atom. The lowest BCUT2D eigenvalue weighted by Crippen LogP contribution is -2.60. The van der Waals surface area contributed by atoms with Gasteiger partial charge in [-0.2, -0.15) is 26.3 Å². The van der Waals surface area contributed by atoms with Crippen LogP contribution in [0, 0.1) is 0 Å². The Morgan fingerprint density at radius 1 is 0.453 bits per heavy atom. The van der Waals surface area contributed by atoms with Gasteiger partial charge in [0.1, 0.15) is 0 Å². The van der Waals surface area contributed by atoms with Crippen LogP contribution in [0.5, 0.6) is 0 Å². The predicted molar refractivity (Wildman–Crippen MR) is 241 cm³/mol. The molecule has 332 valence electrons. The molecule has 2 saturated heterocycles. The molecule has 2 fully saturated rings. The highest BCUT2D eigenvalue weighted by Gasteiger charge is 2.48. The van der Waals surface area contributed by atoms with E-state index in [1.165, 1.54) is 24.3 Å². The Kier molecular flexibility index (Phi) is 13.9. The third kappa shape index (κ3) is 10.4. The van der Waals surface area contributed by atoms with Crippen molar-refractivity contribution in [2.45, 2.75) is 87.1 Å². The number of para-hydroxylation sites is 2. The van der Waals surface area contributed by atoms with Crippen LogP contribution in [-0.4, -0.2) is 40.8 Å². The first-order valence-electron chi connectivity index (χ1n) is 22.1. The Labute approximate surface area is 371 Å². The summed E-state index contributed by atoms with van der Waals surface area (Å²) in [5.41, 5.74) is 2.77. The molecule has 6 aromatic carbocycles. The summed E-state index contributed by atoms with van der Waals surface area (Å²) in [4.78, 5) is 21.4. The van der Waals surface area contributed by atoms with Crippen molar-refractivity contribution in [3.05, 3.63) is 203 Å². The van der Waals surface area contributed by atoms with E-state index in [4.69, 9.17) is 0 Å². The average molecular weight is 875 g/mol. The van der Waals surface area contributed by atoms with Gasteiger partial charge in [0, 0.05) is 23.5 Å². The number of carbonyl (C=O) groups is 1. The minimum atomic E-state index is -4.58. The highest BCUT2D eigenvalue weighted by molar-refractivity contribution is 5.92. The lowest BCUT2D eigenvalue weighted by Gasteiger charge is -2.49. The number of piperidine rings is 2. The van der Waals surface area contributed by atoms with Crippen molar-refractivity contribution in [3.8, 4) is 0 Å². The van der Waals surface area contributed by atoms with Crippen LogP contribution in [0.15, 0.2) is 170 Å². The fourth-order valence-electron chi connectivity index (χ4n) is 9.73. The number of rotatable bonds is 14. The molecule has 0 aromatic heterocycles. The van der Waals surface area contributed by atoms with Crippen LogP contribution in [0.4, 0.5) is 37.7 Å². The molecule has 6 atom stereocenters. The van der Waals surface area contributed by atoms with Crippen LogP contribution >= 0.6 is 0 Å². The summed E-state index contributed by atoms with van der Waals surface area (Å²) in [5, 5.41) is 7.30. The number of hydrogen-bond donors (Lipinski definition) is 2. The maximum absolute atomic E-state index is 16.9. The van der Waals surface area contributed by atoms with E-state index in [1.807, 2.05) is 97.1 Å². The lowest BCUT2D eigenvalue weighted by atomic mass is 9.81. The molecular weight excluding hydrogens is 823 g/mol. The van der Waals surface area contributed by atoms with Crippen LogP contribution in [0.1, 0.15) is 96.1 Å². The number of nitrogens with one attached hydrogen (secondary N) is 2. The number of alkyl halides is 6. The molecule has 0 aliphatic carbocycles. The summed E-state index contributed by atoms with van der Waals surface area (Å²) >= 11 is 0. The van der Waals surface area contributed by atoms with Gasteiger partial charge in [0.25, 0.3) is 0 Å². The molecule has 2 N–H and O–H groups in total. The SMILES string of the molecule is O=C(C(C(Nc1ccccc1)c1ccc(C(F)(F)F)cc1)N1CCCCC1c1ccccc1)C(C(Nc1ccccc1)c1ccc(C(F)(F)F)cc1)N1CCCCC1c1ccccc1. The number of nitrogens with zero attached hydrogens (tertiary/aromatic N) is 2. The minimum Gasteiger partial charge on any atom is -0.376 e. The molecular formula is C53H52F6N4O. The second-order valence-corrected chi connectivity index (χ2v) is 16.8. The van der Waals surface area contributed by atoms with E-state index < -0.39 is 47.6 Å². The predicted octanol–water partition coefficient (Wildman–Crippen LogP) is 13.5. The van der Waals surface area contributed by atoms with Crippen LogP contribution in [-0.2, 0) is 17.1 Å². The molecule has 0 amide bonds. The molecule has 2 aliphatic rings. The molecule has 2 aliphatic heterocycles. The van der Waals surface area contributed by atoms with Gasteiger partial charge in [0.15, 0.2) is 5.78 Å². The van der Waals surface area contributed by atoms with Crippen LogP contribution < -0.4 is 10.6 Å². The van der Waals surface area contributed by atoms with Gasteiger partial charge in [-0.1, -0.05) is 134 Å². The topological polar surface area (TPSA) is 47.6 Å². The zero-order valence-electron chi connectivity index (χ0n) is 35.4. The van der Waals surface area contributed by atoms with Gasteiger partial charge < -0.3 is 10.6 Å². The smallest absolute Gasteiger partial charge is 0.376 e. The average Bonchev–Trinajstić information content (AvgIpc) is 3.32. The van der Waals surface area contributed by atoms with Crippen molar-refractivity contribution in [1.29, 1.82) is 0 Å². The van der Waals surface area contributed by atoms with E-state index in [9.17, 15) is 26.3 Å². The second kappa shape index (κ2) is 19.9. The molecule has 6 unspecified atom stereocenters. The first-order chi connectivity index (χ1) is 31.0. The quantitative estimate of drug-likeness (QED) is 0.107. The Morgan fingerprint density at radius 3 is 1.11 bits per heavy atom. The molecule has 0 spiro atoms. The van der Waals surface area contributed by atoms with Crippen molar-refractivity contribution in [1.82, 2.24) is 9.80 Å². The van der Waals surface area contributed by atoms with Gasteiger partial charge in [0.2, 0.25) is 0 Å². The lowest BCUT2D eigenvalue weighted by molar-refractivity contribution is -0.138. The fraction of sp³-hybridized carbons (Fsp3) is 0.302. The number of benzene rings is 6. The number of carbonyl (C=O) groups excluding carboxylic acids is 1. The van der Waals surface area contributed by atoms with Crippen molar-refractivity contribution < 1.29 is 31.1 Å². The van der Waals surface area contributed by atoms with E-state index in [-0.39, 0.29) is 17.9 Å². The summed E-state index contributed by atoms with van der Waals surface area (Å²) in [6.45, 7) is 1.05.